The summed E-state index contributed by atoms with van der Waals surface area (Å²) >= 11 is 7.79. The van der Waals surface area contributed by atoms with Gasteiger partial charge in [-0.25, -0.2) is 0 Å². The molecule has 11 heteroatoms. The second kappa shape index (κ2) is 11.3. The summed E-state index contributed by atoms with van der Waals surface area (Å²) in [7, 11) is 1.50. The van der Waals surface area contributed by atoms with E-state index in [1.165, 1.54) is 24.1 Å². The zero-order valence-corrected chi connectivity index (χ0v) is 22.8. The van der Waals surface area contributed by atoms with Gasteiger partial charge in [-0.15, -0.1) is 0 Å². The average Bonchev–Trinajstić information content (AvgIpc) is 3.11. The maximum atomic E-state index is 13.0. The summed E-state index contributed by atoms with van der Waals surface area (Å²) in [5, 5.41) is 10.5. The van der Waals surface area contributed by atoms with Gasteiger partial charge in [0.1, 0.15) is 6.61 Å². The lowest BCUT2D eigenvalue weighted by Gasteiger charge is -2.13. The third-order valence-corrected chi connectivity index (χ3v) is 7.30. The monoisotopic (exact) mass is 632 g/mol. The quantitative estimate of drug-likeness (QED) is 0.150. The Morgan fingerprint density at radius 2 is 1.78 bits per heavy atom. The number of carbonyl (C=O) groups excluding carboxylic acids is 2. The number of rotatable bonds is 8. The van der Waals surface area contributed by atoms with Crippen LogP contribution in [0.2, 0.25) is 0 Å². The summed E-state index contributed by atoms with van der Waals surface area (Å²) in [5.74, 6) is 0.511. The summed E-state index contributed by atoms with van der Waals surface area (Å²) in [5.41, 5.74) is 2.24. The van der Waals surface area contributed by atoms with E-state index in [1.54, 1.807) is 30.3 Å². The maximum absolute atomic E-state index is 13.0. The van der Waals surface area contributed by atoms with Gasteiger partial charge in [-0.1, -0.05) is 44.0 Å². The van der Waals surface area contributed by atoms with Crippen molar-refractivity contribution in [3.63, 3.8) is 0 Å². The van der Waals surface area contributed by atoms with Crippen molar-refractivity contribution in [1.82, 2.24) is 4.90 Å². The lowest BCUT2D eigenvalue weighted by Crippen LogP contribution is -2.27. The van der Waals surface area contributed by atoms with E-state index in [0.29, 0.717) is 26.4 Å². The first-order chi connectivity index (χ1) is 17.2. The average molecular weight is 634 g/mol. The molecule has 0 aromatic heterocycles. The first-order valence-corrected chi connectivity index (χ1v) is 12.9. The van der Waals surface area contributed by atoms with Crippen molar-refractivity contribution in [2.75, 3.05) is 7.11 Å². The Morgan fingerprint density at radius 3 is 2.44 bits per heavy atom. The molecule has 0 aliphatic carbocycles. The largest absolute Gasteiger partial charge is 0.493 e. The Morgan fingerprint density at radius 1 is 1.03 bits per heavy atom. The predicted octanol–water partition coefficient (Wildman–Crippen LogP) is 6.94. The predicted molar refractivity (Wildman–Crippen MR) is 144 cm³/mol. The normalized spacial score (nSPS) is 14.4. The van der Waals surface area contributed by atoms with Gasteiger partial charge in [0.25, 0.3) is 16.8 Å². The number of thioether (sulfide) groups is 1. The van der Waals surface area contributed by atoms with Crippen LogP contribution in [0, 0.1) is 10.1 Å². The number of nitrogens with zero attached hydrogens (tertiary/aromatic N) is 2. The number of hydrogen-bond donors (Lipinski definition) is 0. The molecule has 3 aromatic carbocycles. The summed E-state index contributed by atoms with van der Waals surface area (Å²) in [4.78, 5) is 37.4. The number of halogens is 2. The SMILES string of the molecule is COc1cc(/C=C2/SC(=O)N(Cc3cccc(Br)c3)C2=O)c(Br)cc1OCc1ccc([N+](=O)[O-])cc1. The van der Waals surface area contributed by atoms with E-state index in [2.05, 4.69) is 31.9 Å². The van der Waals surface area contributed by atoms with Crippen LogP contribution in [-0.2, 0) is 17.9 Å². The van der Waals surface area contributed by atoms with Gasteiger partial charge in [-0.2, -0.15) is 0 Å². The lowest BCUT2D eigenvalue weighted by atomic mass is 10.1. The van der Waals surface area contributed by atoms with Crippen LogP contribution in [0.15, 0.2) is 74.5 Å². The third-order valence-electron chi connectivity index (χ3n) is 5.21. The van der Waals surface area contributed by atoms with Crippen molar-refractivity contribution in [1.29, 1.82) is 0 Å². The molecule has 2 amide bonds. The zero-order valence-electron chi connectivity index (χ0n) is 18.8. The minimum absolute atomic E-state index is 0.00415. The standard InChI is InChI=1S/C25H18Br2N2O6S/c1-34-21-10-17(20(27)12-22(21)35-14-15-5-7-19(8-6-15)29(32)33)11-23-24(30)28(25(31)36-23)13-16-3-2-4-18(26)9-16/h2-12H,13-14H2,1H3/b23-11+. The van der Waals surface area contributed by atoms with Gasteiger partial charge in [0, 0.05) is 21.1 Å². The molecule has 0 bridgehead atoms. The number of non-ortho nitro benzene ring substituents is 1. The van der Waals surface area contributed by atoms with E-state index in [0.717, 1.165) is 27.4 Å². The van der Waals surface area contributed by atoms with Gasteiger partial charge in [-0.3, -0.25) is 24.6 Å². The van der Waals surface area contributed by atoms with Crippen molar-refractivity contribution in [2.24, 2.45) is 0 Å². The van der Waals surface area contributed by atoms with Gasteiger partial charge in [0.15, 0.2) is 11.5 Å². The van der Waals surface area contributed by atoms with Crippen LogP contribution in [-0.4, -0.2) is 28.1 Å². The molecule has 0 unspecified atom stereocenters. The minimum Gasteiger partial charge on any atom is -0.493 e. The molecule has 4 rings (SSSR count). The molecule has 184 valence electrons. The lowest BCUT2D eigenvalue weighted by molar-refractivity contribution is -0.384. The highest BCUT2D eigenvalue weighted by molar-refractivity contribution is 9.10. The molecule has 36 heavy (non-hydrogen) atoms. The molecular formula is C25H18Br2N2O6S. The van der Waals surface area contributed by atoms with E-state index < -0.39 is 4.92 Å². The molecule has 0 saturated carbocycles. The van der Waals surface area contributed by atoms with Gasteiger partial charge in [0.2, 0.25) is 0 Å². The van der Waals surface area contributed by atoms with E-state index in [4.69, 9.17) is 9.47 Å². The topological polar surface area (TPSA) is 99.0 Å². The summed E-state index contributed by atoms with van der Waals surface area (Å²) in [6, 6.07) is 16.9. The van der Waals surface area contributed by atoms with Crippen LogP contribution in [0.4, 0.5) is 10.5 Å². The molecule has 1 fully saturated rings. The number of amides is 2. The fourth-order valence-corrected chi connectivity index (χ4v) is 5.12. The number of ether oxygens (including phenoxy) is 2. The number of carbonyl (C=O) groups is 2. The molecule has 8 nitrogen and oxygen atoms in total. The van der Waals surface area contributed by atoms with E-state index >= 15 is 0 Å². The van der Waals surface area contributed by atoms with Crippen LogP contribution in [0.3, 0.4) is 0 Å². The maximum Gasteiger partial charge on any atom is 0.293 e. The van der Waals surface area contributed by atoms with E-state index in [-0.39, 0.29) is 30.0 Å². The molecule has 1 aliphatic rings. The number of benzene rings is 3. The van der Waals surface area contributed by atoms with Gasteiger partial charge in [0.05, 0.1) is 23.5 Å². The number of nitro benzene ring substituents is 1. The van der Waals surface area contributed by atoms with Crippen LogP contribution in [0.25, 0.3) is 6.08 Å². The van der Waals surface area contributed by atoms with Crippen molar-refractivity contribution in [3.05, 3.63) is 101 Å². The van der Waals surface area contributed by atoms with Crippen LogP contribution in [0.5, 0.6) is 11.5 Å². The summed E-state index contributed by atoms with van der Waals surface area (Å²) in [6.07, 6.45) is 1.64. The van der Waals surface area contributed by atoms with Crippen LogP contribution >= 0.6 is 43.6 Å². The molecule has 1 aliphatic heterocycles. The molecular weight excluding hydrogens is 616 g/mol. The first-order valence-electron chi connectivity index (χ1n) is 10.5. The molecule has 1 heterocycles. The molecule has 1 saturated heterocycles. The summed E-state index contributed by atoms with van der Waals surface area (Å²) in [6.45, 7) is 0.357. The second-order valence-electron chi connectivity index (χ2n) is 7.63. The zero-order chi connectivity index (χ0) is 25.8. The Kier molecular flexibility index (Phi) is 8.12. The Labute approximate surface area is 227 Å². The van der Waals surface area contributed by atoms with Gasteiger partial charge < -0.3 is 9.47 Å². The van der Waals surface area contributed by atoms with Gasteiger partial charge in [-0.05, 0) is 70.9 Å². The van der Waals surface area contributed by atoms with Crippen molar-refractivity contribution in [3.8, 4) is 11.5 Å². The highest BCUT2D eigenvalue weighted by atomic mass is 79.9. The molecule has 0 N–H and O–H groups in total. The molecule has 0 spiro atoms. The smallest absolute Gasteiger partial charge is 0.293 e. The van der Waals surface area contributed by atoms with E-state index in [1.807, 2.05) is 24.3 Å². The fraction of sp³-hybridized carbons (Fsp3) is 0.120. The number of nitro groups is 1. The molecule has 3 aromatic rings. The van der Waals surface area contributed by atoms with Crippen molar-refractivity contribution >= 4 is 66.5 Å². The van der Waals surface area contributed by atoms with E-state index in [9.17, 15) is 19.7 Å². The van der Waals surface area contributed by atoms with Gasteiger partial charge >= 0.3 is 0 Å². The van der Waals surface area contributed by atoms with Crippen molar-refractivity contribution < 1.29 is 24.0 Å². The fourth-order valence-electron chi connectivity index (χ4n) is 3.40. The highest BCUT2D eigenvalue weighted by Crippen LogP contribution is 2.38. The van der Waals surface area contributed by atoms with Crippen LogP contribution in [0.1, 0.15) is 16.7 Å². The molecule has 0 radical (unpaired) electrons. The first kappa shape index (κ1) is 25.9. The number of methoxy groups -OCH3 is 1. The minimum atomic E-state index is -0.459. The molecule has 0 atom stereocenters. The number of imide groups is 1. The Bertz CT molecular complexity index is 1380. The Balaban J connectivity index is 1.51. The Hall–Kier alpha value is -3.15. The van der Waals surface area contributed by atoms with Crippen molar-refractivity contribution in [2.45, 2.75) is 13.2 Å². The second-order valence-corrected chi connectivity index (χ2v) is 10.4. The third kappa shape index (κ3) is 5.97. The van der Waals surface area contributed by atoms with Crippen LogP contribution < -0.4 is 9.47 Å². The highest BCUT2D eigenvalue weighted by Gasteiger charge is 2.35. The number of hydrogen-bond acceptors (Lipinski definition) is 7. The summed E-state index contributed by atoms with van der Waals surface area (Å²) < 4.78 is 12.8.